The van der Waals surface area contributed by atoms with Gasteiger partial charge in [0.2, 0.25) is 0 Å². The van der Waals surface area contributed by atoms with E-state index in [0.29, 0.717) is 0 Å². The van der Waals surface area contributed by atoms with Crippen molar-refractivity contribution in [2.45, 2.75) is 6.92 Å². The quantitative estimate of drug-likeness (QED) is 0.804. The topological polar surface area (TPSA) is 15.3 Å². The molecular formula is C23H28N2S. The SMILES string of the molecule is CN\C=c1/cccc/c1=C/C=C(\C)SC/C=C/c1ccc(N(C)C)cc1. The molecule has 0 aromatic heterocycles. The van der Waals surface area contributed by atoms with Crippen LogP contribution in [0.1, 0.15) is 12.5 Å². The van der Waals surface area contributed by atoms with Gasteiger partial charge in [-0.3, -0.25) is 0 Å². The molecule has 26 heavy (non-hydrogen) atoms. The number of nitrogens with one attached hydrogen (secondary N) is 1. The number of nitrogens with zero attached hydrogens (tertiary/aromatic N) is 1. The summed E-state index contributed by atoms with van der Waals surface area (Å²) < 4.78 is 0. The maximum atomic E-state index is 3.10. The molecular weight excluding hydrogens is 336 g/mol. The molecule has 0 aliphatic rings. The monoisotopic (exact) mass is 364 g/mol. The first-order chi connectivity index (χ1) is 12.6. The summed E-state index contributed by atoms with van der Waals surface area (Å²) in [5.74, 6) is 0.968. The largest absolute Gasteiger partial charge is 0.393 e. The molecule has 2 aromatic carbocycles. The lowest BCUT2D eigenvalue weighted by molar-refractivity contribution is 1.13. The molecule has 0 aliphatic heterocycles. The number of hydrogen-bond acceptors (Lipinski definition) is 3. The van der Waals surface area contributed by atoms with Crippen molar-refractivity contribution in [3.63, 3.8) is 0 Å². The predicted molar refractivity (Wildman–Crippen MR) is 120 cm³/mol. The summed E-state index contributed by atoms with van der Waals surface area (Å²) >= 11 is 1.85. The maximum Gasteiger partial charge on any atom is 0.0361 e. The highest BCUT2D eigenvalue weighted by Crippen LogP contribution is 2.16. The average Bonchev–Trinajstić information content (AvgIpc) is 2.65. The lowest BCUT2D eigenvalue weighted by atomic mass is 10.2. The first kappa shape index (κ1) is 19.9. The van der Waals surface area contributed by atoms with Gasteiger partial charge in [-0.15, -0.1) is 11.8 Å². The predicted octanol–water partition coefficient (Wildman–Crippen LogP) is 3.84. The van der Waals surface area contributed by atoms with Crippen LogP contribution in [-0.2, 0) is 0 Å². The van der Waals surface area contributed by atoms with Crippen molar-refractivity contribution in [1.29, 1.82) is 0 Å². The van der Waals surface area contributed by atoms with Crippen LogP contribution in [0.5, 0.6) is 0 Å². The lowest BCUT2D eigenvalue weighted by Gasteiger charge is -2.11. The van der Waals surface area contributed by atoms with Gasteiger partial charge in [0.15, 0.2) is 0 Å². The second kappa shape index (κ2) is 10.6. The summed E-state index contributed by atoms with van der Waals surface area (Å²) in [6, 6.07) is 17.0. The van der Waals surface area contributed by atoms with Crippen LogP contribution in [-0.4, -0.2) is 26.9 Å². The van der Waals surface area contributed by atoms with E-state index in [1.54, 1.807) is 0 Å². The van der Waals surface area contributed by atoms with Gasteiger partial charge in [-0.1, -0.05) is 60.7 Å². The zero-order valence-electron chi connectivity index (χ0n) is 16.1. The molecule has 136 valence electrons. The molecule has 0 unspecified atom stereocenters. The smallest absolute Gasteiger partial charge is 0.0361 e. The van der Waals surface area contributed by atoms with Crippen molar-refractivity contribution in [2.75, 3.05) is 31.8 Å². The van der Waals surface area contributed by atoms with E-state index in [1.165, 1.54) is 26.6 Å². The first-order valence-corrected chi connectivity index (χ1v) is 9.76. The summed E-state index contributed by atoms with van der Waals surface area (Å²) in [6.07, 6.45) is 10.8. The van der Waals surface area contributed by atoms with E-state index in [2.05, 4.69) is 104 Å². The number of anilines is 1. The van der Waals surface area contributed by atoms with Gasteiger partial charge >= 0.3 is 0 Å². The Morgan fingerprint density at radius 1 is 1.04 bits per heavy atom. The van der Waals surface area contributed by atoms with Gasteiger partial charge in [-0.05, 0) is 40.0 Å². The highest BCUT2D eigenvalue weighted by atomic mass is 32.2. The Bertz CT molecular complexity index is 862. The van der Waals surface area contributed by atoms with Crippen molar-refractivity contribution in [3.8, 4) is 0 Å². The van der Waals surface area contributed by atoms with E-state index in [-0.39, 0.29) is 0 Å². The van der Waals surface area contributed by atoms with Gasteiger partial charge in [-0.2, -0.15) is 0 Å². The fourth-order valence-electron chi connectivity index (χ4n) is 2.45. The van der Waals surface area contributed by atoms with Gasteiger partial charge in [0.25, 0.3) is 0 Å². The average molecular weight is 365 g/mol. The van der Waals surface area contributed by atoms with Gasteiger partial charge in [0, 0.05) is 38.8 Å². The minimum Gasteiger partial charge on any atom is -0.393 e. The molecule has 0 fully saturated rings. The standard InChI is InChI=1S/C23H28N2S/c1-19(11-14-21-9-5-6-10-22(21)18-24-2)26-17-7-8-20-12-15-23(16-13-20)25(3)4/h5-16,18,24H,17H2,1-4H3/b8-7+,19-11+,21-14-,22-18+. The Kier molecular flexibility index (Phi) is 8.10. The molecule has 0 radical (unpaired) electrons. The Hall–Kier alpha value is -2.39. The molecule has 1 N–H and O–H groups in total. The molecule has 0 amide bonds. The lowest BCUT2D eigenvalue weighted by Crippen LogP contribution is -2.25. The van der Waals surface area contributed by atoms with Gasteiger partial charge < -0.3 is 10.2 Å². The Balaban J connectivity index is 1.94. The maximum absolute atomic E-state index is 3.10. The van der Waals surface area contributed by atoms with Gasteiger partial charge in [0.1, 0.15) is 0 Å². The van der Waals surface area contributed by atoms with Crippen LogP contribution in [0.25, 0.3) is 18.4 Å². The van der Waals surface area contributed by atoms with Gasteiger partial charge in [0.05, 0.1) is 0 Å². The molecule has 0 saturated carbocycles. The second-order valence-corrected chi connectivity index (χ2v) is 7.47. The summed E-state index contributed by atoms with van der Waals surface area (Å²) in [6.45, 7) is 2.16. The molecule has 0 bridgehead atoms. The molecule has 0 heterocycles. The van der Waals surface area contributed by atoms with E-state index in [1.807, 2.05) is 25.0 Å². The molecule has 2 aromatic rings. The summed E-state index contributed by atoms with van der Waals surface area (Å²) in [5.41, 5.74) is 2.46. The summed E-state index contributed by atoms with van der Waals surface area (Å²) in [5, 5.41) is 5.52. The number of thioether (sulfide) groups is 1. The van der Waals surface area contributed by atoms with Crippen LogP contribution < -0.4 is 20.7 Å². The number of rotatable bonds is 7. The second-order valence-electron chi connectivity index (χ2n) is 6.21. The fourth-order valence-corrected chi connectivity index (χ4v) is 3.07. The number of hydrogen-bond donors (Lipinski definition) is 1. The molecule has 2 rings (SSSR count). The van der Waals surface area contributed by atoms with Gasteiger partial charge in [-0.25, -0.2) is 0 Å². The van der Waals surface area contributed by atoms with E-state index >= 15 is 0 Å². The third kappa shape index (κ3) is 6.49. The molecule has 0 saturated heterocycles. The van der Waals surface area contributed by atoms with Crippen LogP contribution in [0, 0.1) is 0 Å². The molecule has 0 atom stereocenters. The Morgan fingerprint density at radius 3 is 2.38 bits per heavy atom. The minimum atomic E-state index is 0.968. The van der Waals surface area contributed by atoms with E-state index < -0.39 is 0 Å². The minimum absolute atomic E-state index is 0.968. The Labute approximate surface area is 161 Å². The highest BCUT2D eigenvalue weighted by molar-refractivity contribution is 8.03. The fraction of sp³-hybridized carbons (Fsp3) is 0.217. The summed E-state index contributed by atoms with van der Waals surface area (Å²) in [4.78, 5) is 3.41. The van der Waals surface area contributed by atoms with Crippen LogP contribution in [0.3, 0.4) is 0 Å². The van der Waals surface area contributed by atoms with E-state index in [9.17, 15) is 0 Å². The molecule has 3 heteroatoms. The van der Waals surface area contributed by atoms with Crippen molar-refractivity contribution in [2.24, 2.45) is 0 Å². The van der Waals surface area contributed by atoms with Crippen LogP contribution >= 0.6 is 11.8 Å². The third-order valence-electron chi connectivity index (χ3n) is 3.92. The zero-order chi connectivity index (χ0) is 18.8. The van der Waals surface area contributed by atoms with E-state index in [4.69, 9.17) is 0 Å². The van der Waals surface area contributed by atoms with Crippen LogP contribution in [0.2, 0.25) is 0 Å². The van der Waals surface area contributed by atoms with Crippen molar-refractivity contribution in [3.05, 3.63) is 81.6 Å². The van der Waals surface area contributed by atoms with Crippen LogP contribution in [0.4, 0.5) is 5.69 Å². The normalized spacial score (nSPS) is 13.5. The van der Waals surface area contributed by atoms with Crippen LogP contribution in [0.15, 0.2) is 65.6 Å². The Morgan fingerprint density at radius 2 is 1.73 bits per heavy atom. The highest BCUT2D eigenvalue weighted by Gasteiger charge is 1.93. The molecule has 0 aliphatic carbocycles. The zero-order valence-corrected chi connectivity index (χ0v) is 16.9. The molecule has 2 nitrogen and oxygen atoms in total. The van der Waals surface area contributed by atoms with Crippen molar-refractivity contribution < 1.29 is 0 Å². The molecule has 0 spiro atoms. The first-order valence-electron chi connectivity index (χ1n) is 8.78. The van der Waals surface area contributed by atoms with E-state index in [0.717, 1.165) is 5.75 Å². The van der Waals surface area contributed by atoms with Crippen molar-refractivity contribution >= 4 is 35.8 Å². The third-order valence-corrected chi connectivity index (χ3v) is 4.87. The van der Waals surface area contributed by atoms with Crippen molar-refractivity contribution in [1.82, 2.24) is 5.32 Å². The number of benzene rings is 2. The number of allylic oxidation sites excluding steroid dienone is 2. The summed E-state index contributed by atoms with van der Waals surface area (Å²) in [7, 11) is 6.04.